The van der Waals surface area contributed by atoms with Gasteiger partial charge in [0.05, 0.1) is 6.54 Å². The maximum Gasteiger partial charge on any atom is 0.241 e. The highest BCUT2D eigenvalue weighted by molar-refractivity contribution is 14.0. The largest absolute Gasteiger partial charge is 0.356 e. The summed E-state index contributed by atoms with van der Waals surface area (Å²) in [5.74, 6) is 0.703. The molecule has 6 nitrogen and oxygen atoms in total. The molecule has 1 amide bonds. The lowest BCUT2D eigenvalue weighted by molar-refractivity contribution is -0.128. The molecule has 130 valence electrons. The van der Waals surface area contributed by atoms with Gasteiger partial charge in [-0.3, -0.25) is 14.8 Å². The number of hydrogen-bond donors (Lipinski definition) is 2. The summed E-state index contributed by atoms with van der Waals surface area (Å²) in [5.41, 5.74) is 0.993. The van der Waals surface area contributed by atoms with E-state index in [1.807, 2.05) is 18.2 Å². The van der Waals surface area contributed by atoms with Crippen molar-refractivity contribution < 1.29 is 4.79 Å². The minimum Gasteiger partial charge on any atom is -0.356 e. The fraction of sp³-hybridized carbons (Fsp3) is 0.562. The van der Waals surface area contributed by atoms with Gasteiger partial charge in [-0.25, -0.2) is 0 Å². The van der Waals surface area contributed by atoms with Crippen LogP contribution in [0.25, 0.3) is 0 Å². The number of halogens is 1. The Kier molecular flexibility index (Phi) is 12.3. The van der Waals surface area contributed by atoms with Crippen molar-refractivity contribution in [2.45, 2.75) is 26.2 Å². The molecule has 0 bridgehead atoms. The van der Waals surface area contributed by atoms with Gasteiger partial charge >= 0.3 is 0 Å². The molecule has 1 aromatic rings. The topological polar surface area (TPSA) is 69.6 Å². The van der Waals surface area contributed by atoms with E-state index in [0.717, 1.165) is 31.5 Å². The first-order valence-electron chi connectivity index (χ1n) is 7.75. The van der Waals surface area contributed by atoms with E-state index in [1.54, 1.807) is 25.2 Å². The fourth-order valence-corrected chi connectivity index (χ4v) is 1.85. The summed E-state index contributed by atoms with van der Waals surface area (Å²) in [6.45, 7) is 3.89. The lowest BCUT2D eigenvalue weighted by Gasteiger charge is -2.18. The number of aliphatic imine (C=N–C) groups is 1. The first-order chi connectivity index (χ1) is 10.7. The Morgan fingerprint density at radius 2 is 2.13 bits per heavy atom. The number of unbranched alkanes of at least 4 members (excludes halogenated alkanes) is 1. The summed E-state index contributed by atoms with van der Waals surface area (Å²) in [6.07, 6.45) is 4.73. The van der Waals surface area contributed by atoms with Gasteiger partial charge in [0.15, 0.2) is 5.96 Å². The van der Waals surface area contributed by atoms with Crippen molar-refractivity contribution in [2.75, 3.05) is 33.7 Å². The van der Waals surface area contributed by atoms with Gasteiger partial charge in [0, 0.05) is 45.5 Å². The molecule has 2 N–H and O–H groups in total. The van der Waals surface area contributed by atoms with Crippen molar-refractivity contribution in [3.63, 3.8) is 0 Å². The van der Waals surface area contributed by atoms with Crippen LogP contribution < -0.4 is 10.6 Å². The zero-order valence-electron chi connectivity index (χ0n) is 14.2. The predicted molar refractivity (Wildman–Crippen MR) is 105 cm³/mol. The molecule has 0 saturated heterocycles. The minimum atomic E-state index is 0. The molecule has 0 fully saturated rings. The Labute approximate surface area is 156 Å². The Balaban J connectivity index is 0.00000484. The Hall–Kier alpha value is -1.38. The second-order valence-corrected chi connectivity index (χ2v) is 5.09. The summed E-state index contributed by atoms with van der Waals surface area (Å²) in [4.78, 5) is 22.1. The van der Waals surface area contributed by atoms with E-state index in [0.29, 0.717) is 12.5 Å². The van der Waals surface area contributed by atoms with Gasteiger partial charge in [0.2, 0.25) is 5.91 Å². The van der Waals surface area contributed by atoms with Crippen LogP contribution in [0.4, 0.5) is 0 Å². The van der Waals surface area contributed by atoms with E-state index < -0.39 is 0 Å². The van der Waals surface area contributed by atoms with Crippen LogP contribution in [-0.4, -0.2) is 55.5 Å². The number of pyridine rings is 1. The second-order valence-electron chi connectivity index (χ2n) is 5.09. The highest BCUT2D eigenvalue weighted by Crippen LogP contribution is 1.96. The lowest BCUT2D eigenvalue weighted by Crippen LogP contribution is -2.44. The Morgan fingerprint density at radius 3 is 2.74 bits per heavy atom. The third-order valence-corrected chi connectivity index (χ3v) is 3.31. The molecule has 1 aromatic heterocycles. The lowest BCUT2D eigenvalue weighted by atomic mass is 10.2. The number of nitrogens with zero attached hydrogens (tertiary/aromatic N) is 3. The van der Waals surface area contributed by atoms with Crippen molar-refractivity contribution in [3.8, 4) is 0 Å². The predicted octanol–water partition coefficient (Wildman–Crippen LogP) is 1.67. The van der Waals surface area contributed by atoms with Gasteiger partial charge in [0.1, 0.15) is 0 Å². The maximum atomic E-state index is 12.1. The van der Waals surface area contributed by atoms with Crippen LogP contribution in [0, 0.1) is 0 Å². The summed E-state index contributed by atoms with van der Waals surface area (Å²) >= 11 is 0. The Morgan fingerprint density at radius 1 is 1.35 bits per heavy atom. The molecule has 23 heavy (non-hydrogen) atoms. The third-order valence-electron chi connectivity index (χ3n) is 3.31. The molecule has 0 saturated carbocycles. The van der Waals surface area contributed by atoms with Crippen LogP contribution in [0.15, 0.2) is 29.4 Å². The maximum absolute atomic E-state index is 12.1. The van der Waals surface area contributed by atoms with Crippen molar-refractivity contribution >= 4 is 35.8 Å². The van der Waals surface area contributed by atoms with Crippen LogP contribution in [-0.2, 0) is 11.2 Å². The molecule has 1 rings (SSSR count). The number of carbonyl (C=O) groups excluding carboxylic acids is 1. The van der Waals surface area contributed by atoms with Crippen LogP contribution >= 0.6 is 24.0 Å². The number of amides is 1. The highest BCUT2D eigenvalue weighted by atomic mass is 127. The van der Waals surface area contributed by atoms with Crippen LogP contribution in [0.3, 0.4) is 0 Å². The smallest absolute Gasteiger partial charge is 0.241 e. The normalized spacial score (nSPS) is 10.7. The zero-order valence-corrected chi connectivity index (χ0v) is 16.5. The summed E-state index contributed by atoms with van der Waals surface area (Å²) in [6, 6.07) is 5.81. The molecule has 0 unspecified atom stereocenters. The summed E-state index contributed by atoms with van der Waals surface area (Å²) in [5, 5.41) is 6.22. The average molecular weight is 433 g/mol. The molecule has 0 aromatic carbocycles. The van der Waals surface area contributed by atoms with Gasteiger partial charge in [-0.15, -0.1) is 24.0 Å². The van der Waals surface area contributed by atoms with Gasteiger partial charge in [-0.1, -0.05) is 19.4 Å². The van der Waals surface area contributed by atoms with Crippen molar-refractivity contribution in [3.05, 3.63) is 30.1 Å². The fourth-order valence-electron chi connectivity index (χ4n) is 1.85. The number of aromatic nitrogens is 1. The number of guanidine groups is 1. The number of carbonyl (C=O) groups is 1. The molecule has 0 radical (unpaired) electrons. The van der Waals surface area contributed by atoms with Crippen molar-refractivity contribution in [2.24, 2.45) is 4.99 Å². The van der Waals surface area contributed by atoms with Crippen molar-refractivity contribution in [1.29, 1.82) is 0 Å². The highest BCUT2D eigenvalue weighted by Gasteiger charge is 2.09. The van der Waals surface area contributed by atoms with Gasteiger partial charge in [-0.05, 0) is 18.6 Å². The molecule has 0 spiro atoms. The molecule has 0 aliphatic rings. The first-order valence-corrected chi connectivity index (χ1v) is 7.75. The summed E-state index contributed by atoms with van der Waals surface area (Å²) < 4.78 is 0. The van der Waals surface area contributed by atoms with Crippen LogP contribution in [0.5, 0.6) is 0 Å². The van der Waals surface area contributed by atoms with E-state index in [1.165, 1.54) is 0 Å². The van der Waals surface area contributed by atoms with Crippen LogP contribution in [0.1, 0.15) is 25.5 Å². The van der Waals surface area contributed by atoms with Crippen LogP contribution in [0.2, 0.25) is 0 Å². The van der Waals surface area contributed by atoms with Gasteiger partial charge in [-0.2, -0.15) is 0 Å². The van der Waals surface area contributed by atoms with E-state index in [9.17, 15) is 4.79 Å². The minimum absolute atomic E-state index is 0. The number of nitrogens with one attached hydrogen (secondary N) is 2. The van der Waals surface area contributed by atoms with E-state index in [-0.39, 0.29) is 36.4 Å². The third kappa shape index (κ3) is 9.37. The second kappa shape index (κ2) is 13.1. The standard InChI is InChI=1S/C16H27N5O.HI/c1-4-5-10-19-16(17-2)20-13-15(22)21(3)12-9-14-8-6-7-11-18-14;/h6-8,11H,4-5,9-10,12-13H2,1-3H3,(H2,17,19,20);1H. The molecule has 7 heteroatoms. The Bertz CT molecular complexity index is 467. The molecular weight excluding hydrogens is 405 g/mol. The molecule has 0 atom stereocenters. The van der Waals surface area contributed by atoms with E-state index in [2.05, 4.69) is 27.5 Å². The molecular formula is C16H28IN5O. The SMILES string of the molecule is CCCCNC(=NC)NCC(=O)N(C)CCc1ccccn1.I. The molecule has 1 heterocycles. The average Bonchev–Trinajstić information content (AvgIpc) is 2.56. The summed E-state index contributed by atoms with van der Waals surface area (Å²) in [7, 11) is 3.51. The molecule has 0 aliphatic carbocycles. The number of likely N-dealkylation sites (N-methyl/N-ethyl adjacent to an activating group) is 1. The zero-order chi connectivity index (χ0) is 16.2. The number of hydrogen-bond acceptors (Lipinski definition) is 3. The van der Waals surface area contributed by atoms with E-state index in [4.69, 9.17) is 0 Å². The first kappa shape index (κ1) is 21.6. The quantitative estimate of drug-likeness (QED) is 0.283. The van der Waals surface area contributed by atoms with Gasteiger partial charge < -0.3 is 15.5 Å². The van der Waals surface area contributed by atoms with Gasteiger partial charge in [0.25, 0.3) is 0 Å². The van der Waals surface area contributed by atoms with E-state index >= 15 is 0 Å². The monoisotopic (exact) mass is 433 g/mol. The number of rotatable bonds is 8. The molecule has 0 aliphatic heterocycles. The van der Waals surface area contributed by atoms with Crippen molar-refractivity contribution in [1.82, 2.24) is 20.5 Å².